The zero-order chi connectivity index (χ0) is 12.8. The molecule has 19 heavy (non-hydrogen) atoms. The largest absolute Gasteiger partial charge is 0.352 e. The van der Waals surface area contributed by atoms with E-state index in [0.29, 0.717) is 12.0 Å². The average Bonchev–Trinajstić information content (AvgIpc) is 3.31. The number of rotatable bonds is 4. The lowest BCUT2D eigenvalue weighted by molar-refractivity contribution is -0.122. The number of anilines is 1. The molecule has 2 heterocycles. The molecule has 1 amide bonds. The molecule has 1 atom stereocenters. The molecule has 3 fully saturated rings. The molecule has 0 radical (unpaired) electrons. The zero-order valence-corrected chi connectivity index (χ0v) is 11.7. The standard InChI is InChI=1S/C13H18N4OS/c18-11(14-9-5-6-9)10-2-1-7-17(10)13-16-15-12(19-13)8-3-4-8/h8-10H,1-7H2,(H,14,18). The van der Waals surface area contributed by atoms with E-state index in [4.69, 9.17) is 0 Å². The van der Waals surface area contributed by atoms with Crippen LogP contribution in [-0.4, -0.2) is 34.7 Å². The molecule has 0 bridgehead atoms. The van der Waals surface area contributed by atoms with Gasteiger partial charge in [-0.2, -0.15) is 0 Å². The Morgan fingerprint density at radius 1 is 1.21 bits per heavy atom. The molecule has 6 heteroatoms. The molecule has 2 aliphatic carbocycles. The lowest BCUT2D eigenvalue weighted by Crippen LogP contribution is -2.44. The van der Waals surface area contributed by atoms with Crippen molar-refractivity contribution in [2.24, 2.45) is 0 Å². The van der Waals surface area contributed by atoms with E-state index in [9.17, 15) is 4.79 Å². The topological polar surface area (TPSA) is 58.1 Å². The summed E-state index contributed by atoms with van der Waals surface area (Å²) in [5, 5.41) is 13.8. The van der Waals surface area contributed by atoms with Gasteiger partial charge in [0.05, 0.1) is 0 Å². The number of carbonyl (C=O) groups is 1. The first-order valence-electron chi connectivity index (χ1n) is 7.21. The van der Waals surface area contributed by atoms with E-state index in [0.717, 1.165) is 42.4 Å². The number of nitrogens with zero attached hydrogens (tertiary/aromatic N) is 3. The Labute approximate surface area is 116 Å². The predicted octanol–water partition coefficient (Wildman–Crippen LogP) is 1.66. The van der Waals surface area contributed by atoms with Crippen LogP contribution in [0.4, 0.5) is 5.13 Å². The summed E-state index contributed by atoms with van der Waals surface area (Å²) in [7, 11) is 0. The van der Waals surface area contributed by atoms with Crippen molar-refractivity contribution >= 4 is 22.4 Å². The first kappa shape index (κ1) is 11.6. The quantitative estimate of drug-likeness (QED) is 0.910. The molecule has 0 spiro atoms. The molecule has 0 aromatic carbocycles. The Morgan fingerprint density at radius 3 is 2.79 bits per heavy atom. The molecule has 1 aromatic heterocycles. The van der Waals surface area contributed by atoms with Crippen molar-refractivity contribution < 1.29 is 4.79 Å². The molecular weight excluding hydrogens is 260 g/mol. The Kier molecular flexibility index (Phi) is 2.72. The van der Waals surface area contributed by atoms with Gasteiger partial charge in [-0.25, -0.2) is 0 Å². The van der Waals surface area contributed by atoms with E-state index in [1.165, 1.54) is 12.8 Å². The highest BCUT2D eigenvalue weighted by Gasteiger charge is 2.36. The minimum Gasteiger partial charge on any atom is -0.352 e. The number of hydrogen-bond donors (Lipinski definition) is 1. The summed E-state index contributed by atoms with van der Waals surface area (Å²) in [5.74, 6) is 0.829. The molecule has 4 rings (SSSR count). The highest BCUT2D eigenvalue weighted by molar-refractivity contribution is 7.15. The van der Waals surface area contributed by atoms with Crippen molar-refractivity contribution in [3.05, 3.63) is 5.01 Å². The molecule has 1 unspecified atom stereocenters. The molecule has 1 saturated heterocycles. The van der Waals surface area contributed by atoms with Crippen LogP contribution >= 0.6 is 11.3 Å². The number of nitrogens with one attached hydrogen (secondary N) is 1. The van der Waals surface area contributed by atoms with Crippen LogP contribution in [0.3, 0.4) is 0 Å². The van der Waals surface area contributed by atoms with E-state index in [-0.39, 0.29) is 11.9 Å². The van der Waals surface area contributed by atoms with Crippen molar-refractivity contribution in [2.45, 2.75) is 56.5 Å². The Morgan fingerprint density at radius 2 is 2.05 bits per heavy atom. The van der Waals surface area contributed by atoms with Crippen LogP contribution in [0.15, 0.2) is 0 Å². The lowest BCUT2D eigenvalue weighted by Gasteiger charge is -2.22. The Hall–Kier alpha value is -1.17. The normalized spacial score (nSPS) is 26.7. The van der Waals surface area contributed by atoms with Crippen LogP contribution in [0, 0.1) is 0 Å². The van der Waals surface area contributed by atoms with Crippen LogP contribution in [0.1, 0.15) is 49.5 Å². The van der Waals surface area contributed by atoms with Gasteiger partial charge < -0.3 is 10.2 Å². The first-order chi connectivity index (χ1) is 9.31. The average molecular weight is 278 g/mol. The summed E-state index contributed by atoms with van der Waals surface area (Å²) < 4.78 is 0. The van der Waals surface area contributed by atoms with E-state index in [1.807, 2.05) is 0 Å². The van der Waals surface area contributed by atoms with Gasteiger partial charge >= 0.3 is 0 Å². The van der Waals surface area contributed by atoms with E-state index >= 15 is 0 Å². The van der Waals surface area contributed by atoms with Crippen LogP contribution in [-0.2, 0) is 4.79 Å². The molecule has 2 saturated carbocycles. The second-order valence-corrected chi connectivity index (χ2v) is 6.82. The van der Waals surface area contributed by atoms with Crippen molar-refractivity contribution in [3.63, 3.8) is 0 Å². The monoisotopic (exact) mass is 278 g/mol. The van der Waals surface area contributed by atoms with Crippen molar-refractivity contribution in [1.29, 1.82) is 0 Å². The molecule has 5 nitrogen and oxygen atoms in total. The maximum absolute atomic E-state index is 12.2. The fraction of sp³-hybridized carbons (Fsp3) is 0.769. The third-order valence-electron chi connectivity index (χ3n) is 4.08. The second-order valence-electron chi connectivity index (χ2n) is 5.83. The van der Waals surface area contributed by atoms with Gasteiger partial charge in [0.25, 0.3) is 0 Å². The summed E-state index contributed by atoms with van der Waals surface area (Å²) in [5.41, 5.74) is 0. The fourth-order valence-corrected chi connectivity index (χ4v) is 3.72. The number of hydrogen-bond acceptors (Lipinski definition) is 5. The molecule has 1 aromatic rings. The highest BCUT2D eigenvalue weighted by Crippen LogP contribution is 2.43. The molecular formula is C13H18N4OS. The van der Waals surface area contributed by atoms with Gasteiger partial charge in [0.2, 0.25) is 11.0 Å². The van der Waals surface area contributed by atoms with Gasteiger partial charge in [0.15, 0.2) is 0 Å². The third kappa shape index (κ3) is 2.33. The molecule has 3 aliphatic rings. The molecule has 1 N–H and O–H groups in total. The van der Waals surface area contributed by atoms with Gasteiger partial charge in [-0.3, -0.25) is 4.79 Å². The van der Waals surface area contributed by atoms with Crippen molar-refractivity contribution in [2.75, 3.05) is 11.4 Å². The fourth-order valence-electron chi connectivity index (χ4n) is 2.63. The maximum atomic E-state index is 12.2. The number of amides is 1. The highest BCUT2D eigenvalue weighted by atomic mass is 32.1. The first-order valence-corrected chi connectivity index (χ1v) is 8.03. The molecule has 102 valence electrons. The molecule has 1 aliphatic heterocycles. The summed E-state index contributed by atoms with van der Waals surface area (Å²) in [6, 6.07) is 0.409. The van der Waals surface area contributed by atoms with Crippen LogP contribution in [0.25, 0.3) is 0 Å². The van der Waals surface area contributed by atoms with Gasteiger partial charge in [-0.05, 0) is 38.5 Å². The zero-order valence-electron chi connectivity index (χ0n) is 10.8. The van der Waals surface area contributed by atoms with Crippen LogP contribution in [0.2, 0.25) is 0 Å². The minimum absolute atomic E-state index is 0.0272. The van der Waals surface area contributed by atoms with E-state index in [1.54, 1.807) is 11.3 Å². The van der Waals surface area contributed by atoms with E-state index in [2.05, 4.69) is 20.4 Å². The Bertz CT molecular complexity index is 495. The number of aromatic nitrogens is 2. The summed E-state index contributed by atoms with van der Waals surface area (Å²) in [6.07, 6.45) is 6.80. The third-order valence-corrected chi connectivity index (χ3v) is 5.20. The van der Waals surface area contributed by atoms with Gasteiger partial charge in [0.1, 0.15) is 11.0 Å². The van der Waals surface area contributed by atoms with Gasteiger partial charge in [-0.15, -0.1) is 10.2 Å². The van der Waals surface area contributed by atoms with Gasteiger partial charge in [0, 0.05) is 18.5 Å². The van der Waals surface area contributed by atoms with Crippen molar-refractivity contribution in [1.82, 2.24) is 15.5 Å². The Balaban J connectivity index is 1.49. The summed E-state index contributed by atoms with van der Waals surface area (Å²) in [4.78, 5) is 14.4. The predicted molar refractivity (Wildman–Crippen MR) is 73.4 cm³/mol. The lowest BCUT2D eigenvalue weighted by atomic mass is 10.2. The summed E-state index contributed by atoms with van der Waals surface area (Å²) >= 11 is 1.68. The summed E-state index contributed by atoms with van der Waals surface area (Å²) in [6.45, 7) is 0.933. The van der Waals surface area contributed by atoms with E-state index < -0.39 is 0 Å². The number of carbonyl (C=O) groups excluding carboxylic acids is 1. The van der Waals surface area contributed by atoms with Gasteiger partial charge in [-0.1, -0.05) is 11.3 Å². The second kappa shape index (κ2) is 4.44. The maximum Gasteiger partial charge on any atom is 0.243 e. The van der Waals surface area contributed by atoms with Crippen molar-refractivity contribution in [3.8, 4) is 0 Å². The SMILES string of the molecule is O=C(NC1CC1)C1CCCN1c1nnc(C2CC2)s1. The smallest absolute Gasteiger partial charge is 0.243 e. The minimum atomic E-state index is -0.0272. The van der Waals surface area contributed by atoms with Crippen LogP contribution < -0.4 is 10.2 Å². The van der Waals surface area contributed by atoms with Crippen LogP contribution in [0.5, 0.6) is 0 Å².